The second kappa shape index (κ2) is 7.74. The lowest BCUT2D eigenvalue weighted by molar-refractivity contribution is 0.867. The Bertz CT molecular complexity index is 622. The Labute approximate surface area is 152 Å². The van der Waals surface area contributed by atoms with Crippen LogP contribution < -0.4 is 5.32 Å². The largest absolute Gasteiger partial charge is 0.369 e. The molecule has 0 aliphatic rings. The van der Waals surface area contributed by atoms with E-state index in [1.165, 1.54) is 0 Å². The van der Waals surface area contributed by atoms with Crippen molar-refractivity contribution in [2.45, 2.75) is 26.7 Å². The third-order valence-corrected chi connectivity index (χ3v) is 4.86. The van der Waals surface area contributed by atoms with Gasteiger partial charge in [-0.1, -0.05) is 40.9 Å². The number of benzene rings is 1. The number of halogens is 3. The summed E-state index contributed by atoms with van der Waals surface area (Å²) in [6.07, 6.45) is 1.98. The number of hydrogen-bond acceptors (Lipinski definition) is 3. The van der Waals surface area contributed by atoms with E-state index in [-0.39, 0.29) is 0 Å². The molecule has 6 heteroatoms. The smallest absolute Gasteiger partial charge is 0.163 e. The Morgan fingerprint density at radius 3 is 2.67 bits per heavy atom. The first-order valence-electron chi connectivity index (χ1n) is 6.82. The summed E-state index contributed by atoms with van der Waals surface area (Å²) in [5, 5.41) is 3.95. The molecule has 3 nitrogen and oxygen atoms in total. The van der Waals surface area contributed by atoms with Crippen molar-refractivity contribution in [3.63, 3.8) is 0 Å². The standard InChI is InChI=1S/C15H16BrClIN3/c1-3-5-12-13(18)15(19-4-2)21-14(20-12)10-7-6-9(16)8-11(10)17/h6-8H,3-5H2,1-2H3,(H,19,20,21). The number of anilines is 1. The van der Waals surface area contributed by atoms with Gasteiger partial charge in [-0.25, -0.2) is 9.97 Å². The molecule has 2 aromatic rings. The molecule has 1 N–H and O–H groups in total. The van der Waals surface area contributed by atoms with Crippen LogP contribution in [0.1, 0.15) is 26.0 Å². The highest BCUT2D eigenvalue weighted by Gasteiger charge is 2.14. The number of aryl methyl sites for hydroxylation is 1. The zero-order valence-corrected chi connectivity index (χ0v) is 16.4. The summed E-state index contributed by atoms with van der Waals surface area (Å²) in [4.78, 5) is 9.34. The summed E-state index contributed by atoms with van der Waals surface area (Å²) in [6.45, 7) is 5.04. The molecule has 1 heterocycles. The SMILES string of the molecule is CCCc1nc(-c2ccc(Br)cc2Cl)nc(NCC)c1I. The second-order valence-corrected chi connectivity index (χ2v) is 6.96. The summed E-state index contributed by atoms with van der Waals surface area (Å²) in [7, 11) is 0. The van der Waals surface area contributed by atoms with E-state index in [1.807, 2.05) is 18.2 Å². The van der Waals surface area contributed by atoms with Gasteiger partial charge in [-0.2, -0.15) is 0 Å². The fourth-order valence-corrected chi connectivity index (χ4v) is 3.43. The topological polar surface area (TPSA) is 37.8 Å². The third kappa shape index (κ3) is 4.07. The van der Waals surface area contributed by atoms with Crippen molar-refractivity contribution in [1.82, 2.24) is 9.97 Å². The molecule has 0 saturated heterocycles. The first kappa shape index (κ1) is 17.0. The Morgan fingerprint density at radius 2 is 2.05 bits per heavy atom. The van der Waals surface area contributed by atoms with Gasteiger partial charge in [0.1, 0.15) is 5.82 Å². The zero-order chi connectivity index (χ0) is 15.4. The Morgan fingerprint density at radius 1 is 1.29 bits per heavy atom. The van der Waals surface area contributed by atoms with Crippen LogP contribution in [-0.4, -0.2) is 16.5 Å². The molecule has 21 heavy (non-hydrogen) atoms. The van der Waals surface area contributed by atoms with Gasteiger partial charge < -0.3 is 5.32 Å². The van der Waals surface area contributed by atoms with E-state index in [9.17, 15) is 0 Å². The summed E-state index contributed by atoms with van der Waals surface area (Å²) in [5.74, 6) is 1.55. The van der Waals surface area contributed by atoms with Crippen LogP contribution in [-0.2, 0) is 6.42 Å². The molecular formula is C15H16BrClIN3. The van der Waals surface area contributed by atoms with Crippen LogP contribution in [0.2, 0.25) is 5.02 Å². The number of hydrogen-bond donors (Lipinski definition) is 1. The molecule has 0 aliphatic carbocycles. The Balaban J connectivity index is 2.56. The maximum Gasteiger partial charge on any atom is 0.163 e. The number of aromatic nitrogens is 2. The summed E-state index contributed by atoms with van der Waals surface area (Å²) < 4.78 is 2.04. The van der Waals surface area contributed by atoms with Gasteiger partial charge in [-0.3, -0.25) is 0 Å². The Kier molecular flexibility index (Phi) is 6.25. The molecule has 0 aliphatic heterocycles. The van der Waals surface area contributed by atoms with Crippen molar-refractivity contribution in [2.24, 2.45) is 0 Å². The minimum atomic E-state index is 0.649. The van der Waals surface area contributed by atoms with Gasteiger partial charge >= 0.3 is 0 Å². The molecule has 0 atom stereocenters. The van der Waals surface area contributed by atoms with Gasteiger partial charge in [0.2, 0.25) is 0 Å². The van der Waals surface area contributed by atoms with Crippen LogP contribution in [0.3, 0.4) is 0 Å². The van der Waals surface area contributed by atoms with Gasteiger partial charge in [0.05, 0.1) is 14.3 Å². The minimum Gasteiger partial charge on any atom is -0.369 e. The molecule has 0 spiro atoms. The lowest BCUT2D eigenvalue weighted by Gasteiger charge is -2.12. The van der Waals surface area contributed by atoms with Crippen molar-refractivity contribution in [3.8, 4) is 11.4 Å². The number of rotatable bonds is 5. The van der Waals surface area contributed by atoms with E-state index in [4.69, 9.17) is 16.6 Å². The van der Waals surface area contributed by atoms with Gasteiger partial charge in [0.15, 0.2) is 5.82 Å². The molecule has 1 aromatic heterocycles. The molecule has 112 valence electrons. The van der Waals surface area contributed by atoms with Crippen LogP contribution in [0.25, 0.3) is 11.4 Å². The van der Waals surface area contributed by atoms with Crippen molar-refractivity contribution in [1.29, 1.82) is 0 Å². The molecule has 1 aromatic carbocycles. The van der Waals surface area contributed by atoms with E-state index < -0.39 is 0 Å². The average molecular weight is 481 g/mol. The van der Waals surface area contributed by atoms with Gasteiger partial charge in [-0.15, -0.1) is 0 Å². The normalized spacial score (nSPS) is 10.7. The lowest BCUT2D eigenvalue weighted by atomic mass is 10.2. The average Bonchev–Trinajstić information content (AvgIpc) is 2.43. The molecule has 0 amide bonds. The molecule has 0 saturated carbocycles. The van der Waals surface area contributed by atoms with Crippen LogP contribution in [0.5, 0.6) is 0 Å². The van der Waals surface area contributed by atoms with Crippen molar-refractivity contribution < 1.29 is 0 Å². The van der Waals surface area contributed by atoms with Gasteiger partial charge in [0, 0.05) is 16.6 Å². The lowest BCUT2D eigenvalue weighted by Crippen LogP contribution is -2.08. The first-order valence-corrected chi connectivity index (χ1v) is 9.07. The first-order chi connectivity index (χ1) is 10.1. The molecule has 2 rings (SSSR count). The minimum absolute atomic E-state index is 0.649. The fraction of sp³-hybridized carbons (Fsp3) is 0.333. The molecule has 0 radical (unpaired) electrons. The predicted octanol–water partition coefficient (Wildman–Crippen LogP) is 5.55. The highest BCUT2D eigenvalue weighted by atomic mass is 127. The van der Waals surface area contributed by atoms with E-state index in [1.54, 1.807) is 0 Å². The van der Waals surface area contributed by atoms with Crippen LogP contribution >= 0.6 is 50.1 Å². The van der Waals surface area contributed by atoms with Crippen LogP contribution in [0.15, 0.2) is 22.7 Å². The van der Waals surface area contributed by atoms with E-state index in [0.717, 1.165) is 44.5 Å². The van der Waals surface area contributed by atoms with Crippen molar-refractivity contribution in [3.05, 3.63) is 37.0 Å². The number of nitrogens with one attached hydrogen (secondary N) is 1. The maximum absolute atomic E-state index is 6.33. The second-order valence-electron chi connectivity index (χ2n) is 4.56. The van der Waals surface area contributed by atoms with Crippen molar-refractivity contribution >= 4 is 55.9 Å². The maximum atomic E-state index is 6.33. The van der Waals surface area contributed by atoms with E-state index in [0.29, 0.717) is 10.8 Å². The molecule has 0 bridgehead atoms. The third-order valence-electron chi connectivity index (χ3n) is 2.92. The van der Waals surface area contributed by atoms with E-state index in [2.05, 4.69) is 62.7 Å². The highest BCUT2D eigenvalue weighted by molar-refractivity contribution is 14.1. The summed E-state index contributed by atoms with van der Waals surface area (Å²) >= 11 is 12.1. The summed E-state index contributed by atoms with van der Waals surface area (Å²) in [6, 6.07) is 5.76. The van der Waals surface area contributed by atoms with Crippen LogP contribution in [0, 0.1) is 3.57 Å². The monoisotopic (exact) mass is 479 g/mol. The van der Waals surface area contributed by atoms with E-state index >= 15 is 0 Å². The Hall–Kier alpha value is -0.400. The zero-order valence-electron chi connectivity index (χ0n) is 11.9. The summed E-state index contributed by atoms with van der Waals surface area (Å²) in [5.41, 5.74) is 1.92. The quantitative estimate of drug-likeness (QED) is 0.571. The van der Waals surface area contributed by atoms with Gasteiger partial charge in [0.25, 0.3) is 0 Å². The van der Waals surface area contributed by atoms with Gasteiger partial charge in [-0.05, 0) is 54.1 Å². The fourth-order valence-electron chi connectivity index (χ4n) is 1.97. The highest BCUT2D eigenvalue weighted by Crippen LogP contribution is 2.31. The predicted molar refractivity (Wildman–Crippen MR) is 101 cm³/mol. The molecular weight excluding hydrogens is 464 g/mol. The van der Waals surface area contributed by atoms with Crippen molar-refractivity contribution in [2.75, 3.05) is 11.9 Å². The molecule has 0 fully saturated rings. The van der Waals surface area contributed by atoms with Crippen LogP contribution in [0.4, 0.5) is 5.82 Å². The molecule has 0 unspecified atom stereocenters. The number of nitrogens with zero attached hydrogens (tertiary/aromatic N) is 2.